The molecule has 0 radical (unpaired) electrons. The summed E-state index contributed by atoms with van der Waals surface area (Å²) in [5, 5.41) is 0. The van der Waals surface area contributed by atoms with Gasteiger partial charge in [0.1, 0.15) is 10.9 Å². The minimum Gasteiger partial charge on any atom is -0.371 e. The van der Waals surface area contributed by atoms with E-state index in [0.29, 0.717) is 5.54 Å². The van der Waals surface area contributed by atoms with Crippen LogP contribution < -0.4 is 4.90 Å². The molecule has 2 aromatic rings. The summed E-state index contributed by atoms with van der Waals surface area (Å²) < 4.78 is 2.89. The minimum atomic E-state index is 0.513. The monoisotopic (exact) mass is 360 g/mol. The van der Waals surface area contributed by atoms with E-state index >= 15 is 0 Å². The number of imidazole rings is 1. The van der Waals surface area contributed by atoms with E-state index in [0.717, 1.165) is 10.3 Å². The van der Waals surface area contributed by atoms with Crippen molar-refractivity contribution in [3.63, 3.8) is 0 Å². The summed E-state index contributed by atoms with van der Waals surface area (Å²) in [6.45, 7) is 3.61. The van der Waals surface area contributed by atoms with Gasteiger partial charge in [0.15, 0.2) is 0 Å². The number of halogens is 1. The third-order valence-corrected chi connectivity index (χ3v) is 5.89. The third-order valence-electron chi connectivity index (χ3n) is 5.48. The van der Waals surface area contributed by atoms with Crippen molar-refractivity contribution < 1.29 is 0 Å². The zero-order chi connectivity index (χ0) is 15.2. The maximum Gasteiger partial charge on any atom is 0.124 e. The van der Waals surface area contributed by atoms with Crippen LogP contribution >= 0.6 is 15.9 Å². The molecule has 3 heterocycles. The molecule has 2 aliphatic rings. The van der Waals surface area contributed by atoms with Crippen LogP contribution in [0.2, 0.25) is 0 Å². The van der Waals surface area contributed by atoms with E-state index in [1.807, 2.05) is 17.1 Å². The number of hydrogen-bond acceptors (Lipinski definition) is 3. The Morgan fingerprint density at radius 3 is 2.14 bits per heavy atom. The Morgan fingerprint density at radius 2 is 1.64 bits per heavy atom. The van der Waals surface area contributed by atoms with Gasteiger partial charge in [-0.1, -0.05) is 0 Å². The van der Waals surface area contributed by atoms with Gasteiger partial charge in [0.05, 0.1) is 0 Å². The summed E-state index contributed by atoms with van der Waals surface area (Å²) in [6.07, 6.45) is 7.77. The van der Waals surface area contributed by atoms with E-state index in [2.05, 4.69) is 62.0 Å². The number of benzene rings is 1. The van der Waals surface area contributed by atoms with Gasteiger partial charge in [0.25, 0.3) is 0 Å². The Kier molecular flexibility index (Phi) is 3.50. The van der Waals surface area contributed by atoms with Gasteiger partial charge in [-0.15, -0.1) is 0 Å². The van der Waals surface area contributed by atoms with E-state index in [4.69, 9.17) is 0 Å². The topological polar surface area (TPSA) is 24.3 Å². The quantitative estimate of drug-likeness (QED) is 0.820. The van der Waals surface area contributed by atoms with E-state index in [1.54, 1.807) is 0 Å². The van der Waals surface area contributed by atoms with Gasteiger partial charge >= 0.3 is 0 Å². The Morgan fingerprint density at radius 1 is 1.00 bits per heavy atom. The Hall–Kier alpha value is -1.33. The van der Waals surface area contributed by atoms with Crippen molar-refractivity contribution in [3.8, 4) is 5.69 Å². The first kappa shape index (κ1) is 14.3. The molecule has 5 heteroatoms. The molecule has 0 bridgehead atoms. The normalized spacial score (nSPS) is 21.1. The first-order valence-corrected chi connectivity index (χ1v) is 8.72. The molecule has 116 valence electrons. The van der Waals surface area contributed by atoms with Crippen molar-refractivity contribution in [2.75, 3.05) is 31.6 Å². The van der Waals surface area contributed by atoms with Gasteiger partial charge in [-0.05, 0) is 66.5 Å². The second-order valence-electron chi connectivity index (χ2n) is 6.50. The average Bonchev–Trinajstić information content (AvgIpc) is 3.00. The summed E-state index contributed by atoms with van der Waals surface area (Å²) in [7, 11) is 2.28. The fourth-order valence-electron chi connectivity index (χ4n) is 3.74. The highest BCUT2D eigenvalue weighted by atomic mass is 79.9. The van der Waals surface area contributed by atoms with Gasteiger partial charge in [0.2, 0.25) is 0 Å². The van der Waals surface area contributed by atoms with Crippen molar-refractivity contribution in [3.05, 3.63) is 41.4 Å². The molecule has 0 atom stereocenters. The molecule has 2 aliphatic heterocycles. The molecular weight excluding hydrogens is 340 g/mol. The number of piperidine rings is 1. The minimum absolute atomic E-state index is 0.513. The van der Waals surface area contributed by atoms with Crippen molar-refractivity contribution in [2.24, 2.45) is 0 Å². The van der Waals surface area contributed by atoms with E-state index < -0.39 is 0 Å². The SMILES string of the molecule is CN1CCC12CCN(c1ccc(-n3cnc(Br)c3)cc1)CC2. The highest BCUT2D eigenvalue weighted by Gasteiger charge is 2.44. The molecule has 4 nitrogen and oxygen atoms in total. The maximum atomic E-state index is 4.21. The Bertz CT molecular complexity index is 656. The van der Waals surface area contributed by atoms with Crippen LogP contribution in [0.3, 0.4) is 0 Å². The number of hydrogen-bond donors (Lipinski definition) is 0. The third kappa shape index (κ3) is 2.36. The van der Waals surface area contributed by atoms with Crippen molar-refractivity contribution in [1.82, 2.24) is 14.5 Å². The number of nitrogens with zero attached hydrogens (tertiary/aromatic N) is 4. The molecule has 1 spiro atoms. The molecule has 0 amide bonds. The summed E-state index contributed by atoms with van der Waals surface area (Å²) in [6, 6.07) is 8.80. The molecular formula is C17H21BrN4. The lowest BCUT2D eigenvalue weighted by Gasteiger charge is -2.55. The standard InChI is InChI=1S/C17H21BrN4/c1-20-9-6-17(20)7-10-21(11-8-17)14-2-4-15(5-3-14)22-12-16(18)19-13-22/h2-5,12-13H,6-11H2,1H3. The molecule has 4 rings (SSSR count). The lowest BCUT2D eigenvalue weighted by molar-refractivity contribution is -0.00915. The summed E-state index contributed by atoms with van der Waals surface area (Å²) in [5.74, 6) is 0. The highest BCUT2D eigenvalue weighted by molar-refractivity contribution is 9.10. The van der Waals surface area contributed by atoms with Gasteiger partial charge < -0.3 is 14.4 Å². The van der Waals surface area contributed by atoms with Crippen molar-refractivity contribution in [2.45, 2.75) is 24.8 Å². The van der Waals surface area contributed by atoms with E-state index in [9.17, 15) is 0 Å². The van der Waals surface area contributed by atoms with Crippen LogP contribution in [0.25, 0.3) is 5.69 Å². The highest BCUT2D eigenvalue weighted by Crippen LogP contribution is 2.39. The van der Waals surface area contributed by atoms with Gasteiger partial charge in [-0.25, -0.2) is 4.98 Å². The predicted octanol–water partition coefficient (Wildman–Crippen LogP) is 3.31. The molecule has 0 N–H and O–H groups in total. The number of likely N-dealkylation sites (tertiary alicyclic amines) is 1. The Balaban J connectivity index is 1.45. The smallest absolute Gasteiger partial charge is 0.124 e. The van der Waals surface area contributed by atoms with E-state index in [1.165, 1.54) is 44.6 Å². The van der Waals surface area contributed by atoms with Crippen molar-refractivity contribution >= 4 is 21.6 Å². The fourth-order valence-corrected chi connectivity index (χ4v) is 4.05. The van der Waals surface area contributed by atoms with Gasteiger partial charge in [0, 0.05) is 42.7 Å². The van der Waals surface area contributed by atoms with Crippen LogP contribution in [0.5, 0.6) is 0 Å². The number of anilines is 1. The molecule has 2 saturated heterocycles. The molecule has 22 heavy (non-hydrogen) atoms. The molecule has 1 aromatic heterocycles. The maximum absolute atomic E-state index is 4.21. The first-order valence-electron chi connectivity index (χ1n) is 7.92. The van der Waals surface area contributed by atoms with Gasteiger partial charge in [-0.2, -0.15) is 0 Å². The largest absolute Gasteiger partial charge is 0.371 e. The number of aromatic nitrogens is 2. The molecule has 2 fully saturated rings. The summed E-state index contributed by atoms with van der Waals surface area (Å²) in [4.78, 5) is 9.27. The van der Waals surface area contributed by atoms with Crippen LogP contribution in [-0.2, 0) is 0 Å². The molecule has 0 aliphatic carbocycles. The Labute approximate surface area is 139 Å². The van der Waals surface area contributed by atoms with Crippen LogP contribution in [0, 0.1) is 0 Å². The van der Waals surface area contributed by atoms with Crippen LogP contribution in [0.4, 0.5) is 5.69 Å². The van der Waals surface area contributed by atoms with Crippen molar-refractivity contribution in [1.29, 1.82) is 0 Å². The molecule has 0 saturated carbocycles. The average molecular weight is 361 g/mol. The lowest BCUT2D eigenvalue weighted by Crippen LogP contribution is -2.62. The predicted molar refractivity (Wildman–Crippen MR) is 92.7 cm³/mol. The van der Waals surface area contributed by atoms with Gasteiger partial charge in [-0.3, -0.25) is 0 Å². The number of rotatable bonds is 2. The van der Waals surface area contributed by atoms with E-state index in [-0.39, 0.29) is 0 Å². The zero-order valence-corrected chi connectivity index (χ0v) is 14.5. The first-order chi connectivity index (χ1) is 10.7. The summed E-state index contributed by atoms with van der Waals surface area (Å²) in [5.41, 5.74) is 2.99. The lowest BCUT2D eigenvalue weighted by atomic mass is 9.77. The molecule has 0 unspecified atom stereocenters. The molecule has 1 aromatic carbocycles. The fraction of sp³-hybridized carbons (Fsp3) is 0.471. The van der Waals surface area contributed by atoms with Crippen LogP contribution in [0.15, 0.2) is 41.4 Å². The second kappa shape index (κ2) is 5.39. The summed E-state index contributed by atoms with van der Waals surface area (Å²) >= 11 is 3.39. The second-order valence-corrected chi connectivity index (χ2v) is 7.32. The zero-order valence-electron chi connectivity index (χ0n) is 12.9. The van der Waals surface area contributed by atoms with Crippen LogP contribution in [-0.4, -0.2) is 46.7 Å². The van der Waals surface area contributed by atoms with Crippen LogP contribution in [0.1, 0.15) is 19.3 Å².